The molecule has 1 N–H and O–H groups in total. The highest BCUT2D eigenvalue weighted by atomic mass is 16.2. The quantitative estimate of drug-likeness (QED) is 0.737. The van der Waals surface area contributed by atoms with Crippen molar-refractivity contribution in [2.24, 2.45) is 11.8 Å². The standard InChI is InChI=1S/C25H32N2O2/c1-18(2)27(17-20-10-5-4-6-11-20)25(29)22-15-13-21(14-16-22)24(28)26-23-12-8-7-9-19(23)3/h4-12,18,21-22H,13-17H2,1-3H3,(H,26,28). The lowest BCUT2D eigenvalue weighted by Crippen LogP contribution is -2.42. The number of anilines is 1. The topological polar surface area (TPSA) is 49.4 Å². The van der Waals surface area contributed by atoms with Gasteiger partial charge in [0.2, 0.25) is 11.8 Å². The average molecular weight is 393 g/mol. The van der Waals surface area contributed by atoms with E-state index in [1.807, 2.05) is 54.3 Å². The number of nitrogens with one attached hydrogen (secondary N) is 1. The van der Waals surface area contributed by atoms with Crippen molar-refractivity contribution in [2.75, 3.05) is 5.32 Å². The summed E-state index contributed by atoms with van der Waals surface area (Å²) in [6.45, 7) is 6.79. The van der Waals surface area contributed by atoms with Gasteiger partial charge in [-0.3, -0.25) is 9.59 Å². The molecule has 1 aliphatic rings. The number of benzene rings is 2. The molecule has 2 aromatic carbocycles. The van der Waals surface area contributed by atoms with Gasteiger partial charge in [0.25, 0.3) is 0 Å². The molecule has 29 heavy (non-hydrogen) atoms. The Kier molecular flexibility index (Phi) is 7.08. The van der Waals surface area contributed by atoms with Crippen LogP contribution in [0.15, 0.2) is 54.6 Å². The number of carbonyl (C=O) groups is 2. The SMILES string of the molecule is Cc1ccccc1NC(=O)C1CCC(C(=O)N(Cc2ccccc2)C(C)C)CC1. The summed E-state index contributed by atoms with van der Waals surface area (Å²) in [4.78, 5) is 27.8. The average Bonchev–Trinajstić information content (AvgIpc) is 2.74. The molecule has 2 amide bonds. The van der Waals surface area contributed by atoms with Crippen LogP contribution in [0.25, 0.3) is 0 Å². The Morgan fingerprint density at radius 2 is 1.52 bits per heavy atom. The van der Waals surface area contributed by atoms with E-state index >= 15 is 0 Å². The Hall–Kier alpha value is -2.62. The van der Waals surface area contributed by atoms with E-state index in [1.165, 1.54) is 0 Å². The molecular weight excluding hydrogens is 360 g/mol. The molecular formula is C25H32N2O2. The molecule has 0 spiro atoms. The fraction of sp³-hybridized carbons (Fsp3) is 0.440. The number of nitrogens with zero attached hydrogens (tertiary/aromatic N) is 1. The number of rotatable bonds is 6. The molecule has 1 aliphatic carbocycles. The molecule has 0 aliphatic heterocycles. The minimum absolute atomic E-state index is 0.0136. The summed E-state index contributed by atoms with van der Waals surface area (Å²) in [7, 11) is 0. The van der Waals surface area contributed by atoms with Crippen LogP contribution in [-0.2, 0) is 16.1 Å². The van der Waals surface area contributed by atoms with E-state index in [4.69, 9.17) is 0 Å². The second-order valence-corrected chi connectivity index (χ2v) is 8.40. The zero-order valence-electron chi connectivity index (χ0n) is 17.7. The third-order valence-electron chi connectivity index (χ3n) is 5.95. The van der Waals surface area contributed by atoms with E-state index < -0.39 is 0 Å². The first-order valence-corrected chi connectivity index (χ1v) is 10.7. The zero-order valence-corrected chi connectivity index (χ0v) is 17.7. The number of aryl methyl sites for hydroxylation is 1. The predicted octanol–water partition coefficient (Wildman–Crippen LogP) is 5.18. The van der Waals surface area contributed by atoms with Crippen molar-refractivity contribution in [3.8, 4) is 0 Å². The van der Waals surface area contributed by atoms with Crippen LogP contribution < -0.4 is 5.32 Å². The second kappa shape index (κ2) is 9.73. The Bertz CT molecular complexity index is 824. The summed E-state index contributed by atoms with van der Waals surface area (Å²) in [5.41, 5.74) is 3.10. The third-order valence-corrected chi connectivity index (χ3v) is 5.95. The summed E-state index contributed by atoms with van der Waals surface area (Å²) in [5.74, 6) is 0.306. The Balaban J connectivity index is 1.56. The van der Waals surface area contributed by atoms with Crippen LogP contribution in [0.3, 0.4) is 0 Å². The third kappa shape index (κ3) is 5.47. The van der Waals surface area contributed by atoms with Gasteiger partial charge in [-0.1, -0.05) is 48.5 Å². The van der Waals surface area contributed by atoms with Gasteiger partial charge in [-0.15, -0.1) is 0 Å². The molecule has 0 aromatic heterocycles. The van der Waals surface area contributed by atoms with E-state index in [-0.39, 0.29) is 29.7 Å². The Morgan fingerprint density at radius 1 is 0.931 bits per heavy atom. The second-order valence-electron chi connectivity index (χ2n) is 8.40. The molecule has 4 nitrogen and oxygen atoms in total. The van der Waals surface area contributed by atoms with Crippen LogP contribution in [-0.4, -0.2) is 22.8 Å². The van der Waals surface area contributed by atoms with Crippen LogP contribution in [0, 0.1) is 18.8 Å². The smallest absolute Gasteiger partial charge is 0.227 e. The summed E-state index contributed by atoms with van der Waals surface area (Å²) in [6, 6.07) is 18.1. The van der Waals surface area contributed by atoms with E-state index in [0.29, 0.717) is 6.54 Å². The Morgan fingerprint density at radius 3 is 2.14 bits per heavy atom. The number of amides is 2. The monoisotopic (exact) mass is 392 g/mol. The maximum absolute atomic E-state index is 13.2. The fourth-order valence-corrected chi connectivity index (χ4v) is 4.08. The molecule has 0 saturated heterocycles. The van der Waals surface area contributed by atoms with Crippen molar-refractivity contribution >= 4 is 17.5 Å². The molecule has 0 atom stereocenters. The van der Waals surface area contributed by atoms with Gasteiger partial charge in [-0.05, 0) is 63.6 Å². The molecule has 0 bridgehead atoms. The maximum Gasteiger partial charge on any atom is 0.227 e. The van der Waals surface area contributed by atoms with Crippen molar-refractivity contribution in [1.82, 2.24) is 4.90 Å². The van der Waals surface area contributed by atoms with Crippen LogP contribution in [0.1, 0.15) is 50.7 Å². The molecule has 2 aromatic rings. The summed E-state index contributed by atoms with van der Waals surface area (Å²) < 4.78 is 0. The van der Waals surface area contributed by atoms with Crippen molar-refractivity contribution in [3.63, 3.8) is 0 Å². The minimum atomic E-state index is -0.0136. The van der Waals surface area contributed by atoms with E-state index in [0.717, 1.165) is 42.5 Å². The van der Waals surface area contributed by atoms with Crippen molar-refractivity contribution in [2.45, 2.75) is 59.0 Å². The lowest BCUT2D eigenvalue weighted by molar-refractivity contribution is -0.140. The number of hydrogen-bond acceptors (Lipinski definition) is 2. The summed E-state index contributed by atoms with van der Waals surface area (Å²) >= 11 is 0. The first-order chi connectivity index (χ1) is 14.0. The highest BCUT2D eigenvalue weighted by Gasteiger charge is 2.33. The first kappa shape index (κ1) is 21.1. The van der Waals surface area contributed by atoms with Crippen LogP contribution in [0.5, 0.6) is 0 Å². The maximum atomic E-state index is 13.2. The van der Waals surface area contributed by atoms with Gasteiger partial charge in [0.05, 0.1) is 0 Å². The van der Waals surface area contributed by atoms with Gasteiger partial charge < -0.3 is 10.2 Å². The van der Waals surface area contributed by atoms with E-state index in [2.05, 4.69) is 31.3 Å². The van der Waals surface area contributed by atoms with Gasteiger partial charge in [0.1, 0.15) is 0 Å². The van der Waals surface area contributed by atoms with Gasteiger partial charge >= 0.3 is 0 Å². The first-order valence-electron chi connectivity index (χ1n) is 10.7. The molecule has 3 rings (SSSR count). The molecule has 1 fully saturated rings. The predicted molar refractivity (Wildman–Crippen MR) is 117 cm³/mol. The van der Waals surface area contributed by atoms with Crippen LogP contribution in [0.2, 0.25) is 0 Å². The van der Waals surface area contributed by atoms with E-state index in [9.17, 15) is 9.59 Å². The van der Waals surface area contributed by atoms with Crippen molar-refractivity contribution in [1.29, 1.82) is 0 Å². The molecule has 0 heterocycles. The van der Waals surface area contributed by atoms with E-state index in [1.54, 1.807) is 0 Å². The molecule has 0 radical (unpaired) electrons. The molecule has 1 saturated carbocycles. The van der Waals surface area contributed by atoms with Gasteiger partial charge in [0.15, 0.2) is 0 Å². The zero-order chi connectivity index (χ0) is 20.8. The molecule has 154 valence electrons. The molecule has 4 heteroatoms. The van der Waals surface area contributed by atoms with Crippen LogP contribution in [0.4, 0.5) is 5.69 Å². The highest BCUT2D eigenvalue weighted by molar-refractivity contribution is 5.93. The largest absolute Gasteiger partial charge is 0.336 e. The normalized spacial score (nSPS) is 19.0. The van der Waals surface area contributed by atoms with Crippen molar-refractivity contribution in [3.05, 3.63) is 65.7 Å². The Labute approximate surface area is 174 Å². The van der Waals surface area contributed by atoms with Gasteiger partial charge in [-0.25, -0.2) is 0 Å². The molecule has 0 unspecified atom stereocenters. The number of hydrogen-bond donors (Lipinski definition) is 1. The van der Waals surface area contributed by atoms with Gasteiger partial charge in [0, 0.05) is 30.1 Å². The number of carbonyl (C=O) groups excluding carboxylic acids is 2. The number of para-hydroxylation sites is 1. The highest BCUT2D eigenvalue weighted by Crippen LogP contribution is 2.32. The van der Waals surface area contributed by atoms with Crippen molar-refractivity contribution < 1.29 is 9.59 Å². The lowest BCUT2D eigenvalue weighted by Gasteiger charge is -2.34. The summed E-state index contributed by atoms with van der Waals surface area (Å²) in [5, 5.41) is 3.06. The summed E-state index contributed by atoms with van der Waals surface area (Å²) in [6.07, 6.45) is 3.10. The lowest BCUT2D eigenvalue weighted by atomic mass is 9.80. The fourth-order valence-electron chi connectivity index (χ4n) is 4.08. The van der Waals surface area contributed by atoms with Gasteiger partial charge in [-0.2, -0.15) is 0 Å². The minimum Gasteiger partial charge on any atom is -0.336 e. The van der Waals surface area contributed by atoms with Crippen LogP contribution >= 0.6 is 0 Å².